The van der Waals surface area contributed by atoms with Gasteiger partial charge in [-0.2, -0.15) is 0 Å². The van der Waals surface area contributed by atoms with E-state index in [2.05, 4.69) is 10.3 Å². The Morgan fingerprint density at radius 3 is 2.65 bits per heavy atom. The number of aryl methyl sites for hydroxylation is 2. The summed E-state index contributed by atoms with van der Waals surface area (Å²) in [6.07, 6.45) is 2.31. The summed E-state index contributed by atoms with van der Waals surface area (Å²) in [6, 6.07) is 13.7. The summed E-state index contributed by atoms with van der Waals surface area (Å²) in [5.41, 5.74) is 3.85. The van der Waals surface area contributed by atoms with E-state index in [1.54, 1.807) is 14.2 Å². The number of hydrogen-bond acceptors (Lipinski definition) is 6. The normalized spacial score (nSPS) is 10.9. The first kappa shape index (κ1) is 23.5. The van der Waals surface area contributed by atoms with Gasteiger partial charge in [0.1, 0.15) is 16.3 Å². The Hall–Kier alpha value is -3.65. The number of methoxy groups -OCH3 is 2. The molecule has 0 fully saturated rings. The van der Waals surface area contributed by atoms with Gasteiger partial charge in [0, 0.05) is 30.5 Å². The average Bonchev–Trinajstić information content (AvgIpc) is 3.29. The standard InChI is InChI=1S/C26H27N3O4S/c1-17-4-6-18(7-5-17)21-15-34-25-24(21)26(31)29(16-28-25)13-11-23(30)27-12-10-19-14-20(32-2)8-9-22(19)33-3/h4-9,14-16H,10-13H2,1-3H3,(H,27,30). The van der Waals surface area contributed by atoms with Crippen molar-refractivity contribution >= 4 is 27.5 Å². The number of fused-ring (bicyclic) bond motifs is 1. The Morgan fingerprint density at radius 1 is 1.12 bits per heavy atom. The van der Waals surface area contributed by atoms with E-state index >= 15 is 0 Å². The molecule has 176 valence electrons. The van der Waals surface area contributed by atoms with Crippen LogP contribution in [0.1, 0.15) is 17.5 Å². The zero-order chi connectivity index (χ0) is 24.1. The van der Waals surface area contributed by atoms with E-state index in [4.69, 9.17) is 9.47 Å². The quantitative estimate of drug-likeness (QED) is 0.391. The highest BCUT2D eigenvalue weighted by molar-refractivity contribution is 7.17. The molecule has 0 bridgehead atoms. The number of ether oxygens (including phenoxy) is 2. The van der Waals surface area contributed by atoms with Gasteiger partial charge in [-0.3, -0.25) is 14.2 Å². The topological polar surface area (TPSA) is 82.4 Å². The number of hydrogen-bond donors (Lipinski definition) is 1. The molecule has 0 saturated carbocycles. The monoisotopic (exact) mass is 477 g/mol. The largest absolute Gasteiger partial charge is 0.497 e. The van der Waals surface area contributed by atoms with E-state index in [1.165, 1.54) is 22.2 Å². The van der Waals surface area contributed by atoms with Crippen LogP contribution in [0.15, 0.2) is 59.0 Å². The summed E-state index contributed by atoms with van der Waals surface area (Å²) < 4.78 is 12.2. The molecule has 8 heteroatoms. The van der Waals surface area contributed by atoms with Crippen LogP contribution in [0.3, 0.4) is 0 Å². The predicted octanol–water partition coefficient (Wildman–Crippen LogP) is 4.20. The van der Waals surface area contributed by atoms with Crippen molar-refractivity contribution in [3.63, 3.8) is 0 Å². The van der Waals surface area contributed by atoms with Gasteiger partial charge in [0.05, 0.1) is 25.9 Å². The van der Waals surface area contributed by atoms with Crippen LogP contribution in [-0.4, -0.2) is 36.2 Å². The lowest BCUT2D eigenvalue weighted by atomic mass is 10.1. The lowest BCUT2D eigenvalue weighted by molar-refractivity contribution is -0.121. The van der Waals surface area contributed by atoms with Crippen molar-refractivity contribution in [3.8, 4) is 22.6 Å². The van der Waals surface area contributed by atoms with Gasteiger partial charge in [0.25, 0.3) is 5.56 Å². The molecular formula is C26H27N3O4S. The molecule has 4 aromatic rings. The molecule has 0 unspecified atom stereocenters. The zero-order valence-corrected chi connectivity index (χ0v) is 20.3. The van der Waals surface area contributed by atoms with Crippen molar-refractivity contribution in [2.45, 2.75) is 26.3 Å². The first-order chi connectivity index (χ1) is 16.5. The first-order valence-electron chi connectivity index (χ1n) is 11.0. The third kappa shape index (κ3) is 5.12. The van der Waals surface area contributed by atoms with Crippen LogP contribution in [0.25, 0.3) is 21.3 Å². The smallest absolute Gasteiger partial charge is 0.262 e. The number of rotatable bonds is 9. The molecule has 4 rings (SSSR count). The van der Waals surface area contributed by atoms with Crippen LogP contribution in [0.2, 0.25) is 0 Å². The van der Waals surface area contributed by atoms with Crippen LogP contribution >= 0.6 is 11.3 Å². The lowest BCUT2D eigenvalue weighted by Gasteiger charge is -2.11. The fraction of sp³-hybridized carbons (Fsp3) is 0.269. The SMILES string of the molecule is COc1ccc(OC)c(CCNC(=O)CCn2cnc3scc(-c4ccc(C)cc4)c3c2=O)c1. The minimum absolute atomic E-state index is 0.127. The number of thiophene rings is 1. The molecule has 2 heterocycles. The molecule has 1 amide bonds. The summed E-state index contributed by atoms with van der Waals surface area (Å²) in [6.45, 7) is 2.75. The van der Waals surface area contributed by atoms with Crippen LogP contribution in [0, 0.1) is 6.92 Å². The number of carbonyl (C=O) groups excluding carboxylic acids is 1. The summed E-state index contributed by atoms with van der Waals surface area (Å²) in [4.78, 5) is 30.7. The summed E-state index contributed by atoms with van der Waals surface area (Å²) in [7, 11) is 3.23. The molecule has 0 radical (unpaired) electrons. The summed E-state index contributed by atoms with van der Waals surface area (Å²) in [5, 5.41) is 5.48. The van der Waals surface area contributed by atoms with Crippen LogP contribution in [0.4, 0.5) is 0 Å². The predicted molar refractivity (Wildman–Crippen MR) is 135 cm³/mol. The van der Waals surface area contributed by atoms with E-state index in [0.29, 0.717) is 23.2 Å². The Balaban J connectivity index is 1.40. The van der Waals surface area contributed by atoms with Crippen molar-refractivity contribution in [2.75, 3.05) is 20.8 Å². The molecule has 0 aliphatic heterocycles. The highest BCUT2D eigenvalue weighted by Crippen LogP contribution is 2.30. The maximum Gasteiger partial charge on any atom is 0.262 e. The second-order valence-corrected chi connectivity index (χ2v) is 8.82. The van der Waals surface area contributed by atoms with E-state index < -0.39 is 0 Å². The van der Waals surface area contributed by atoms with Gasteiger partial charge in [0.2, 0.25) is 5.91 Å². The third-order valence-corrected chi connectivity index (χ3v) is 6.59. The Labute approximate surface area is 202 Å². The van der Waals surface area contributed by atoms with Crippen molar-refractivity contribution in [2.24, 2.45) is 0 Å². The second kappa shape index (κ2) is 10.5. The number of aromatic nitrogens is 2. The Bertz CT molecular complexity index is 1360. The van der Waals surface area contributed by atoms with Gasteiger partial charge in [-0.05, 0) is 42.7 Å². The minimum atomic E-state index is -0.129. The summed E-state index contributed by atoms with van der Waals surface area (Å²) in [5.74, 6) is 1.36. The molecule has 2 aromatic heterocycles. The number of carbonyl (C=O) groups is 1. The molecule has 34 heavy (non-hydrogen) atoms. The molecule has 0 aliphatic rings. The number of benzene rings is 2. The molecule has 0 spiro atoms. The van der Waals surface area contributed by atoms with Crippen LogP contribution in [-0.2, 0) is 17.8 Å². The second-order valence-electron chi connectivity index (χ2n) is 7.97. The van der Waals surface area contributed by atoms with Crippen molar-refractivity contribution in [1.29, 1.82) is 0 Å². The maximum atomic E-state index is 13.2. The van der Waals surface area contributed by atoms with Crippen molar-refractivity contribution < 1.29 is 14.3 Å². The van der Waals surface area contributed by atoms with Gasteiger partial charge in [0.15, 0.2) is 0 Å². The fourth-order valence-electron chi connectivity index (χ4n) is 3.80. The fourth-order valence-corrected chi connectivity index (χ4v) is 4.70. The number of nitrogens with one attached hydrogen (secondary N) is 1. The van der Waals surface area contributed by atoms with Crippen molar-refractivity contribution in [3.05, 3.63) is 75.7 Å². The third-order valence-electron chi connectivity index (χ3n) is 5.71. The Morgan fingerprint density at radius 2 is 1.91 bits per heavy atom. The molecule has 1 N–H and O–H groups in total. The lowest BCUT2D eigenvalue weighted by Crippen LogP contribution is -2.29. The maximum absolute atomic E-state index is 13.2. The van der Waals surface area contributed by atoms with Gasteiger partial charge in [-0.1, -0.05) is 29.8 Å². The van der Waals surface area contributed by atoms with Gasteiger partial charge < -0.3 is 14.8 Å². The van der Waals surface area contributed by atoms with E-state index in [9.17, 15) is 9.59 Å². The van der Waals surface area contributed by atoms with E-state index in [-0.39, 0.29) is 24.4 Å². The van der Waals surface area contributed by atoms with Gasteiger partial charge >= 0.3 is 0 Å². The zero-order valence-electron chi connectivity index (χ0n) is 19.5. The average molecular weight is 478 g/mol. The van der Waals surface area contributed by atoms with Gasteiger partial charge in [-0.25, -0.2) is 4.98 Å². The molecule has 0 saturated heterocycles. The minimum Gasteiger partial charge on any atom is -0.497 e. The van der Waals surface area contributed by atoms with Gasteiger partial charge in [-0.15, -0.1) is 11.3 Å². The molecular weight excluding hydrogens is 450 g/mol. The molecule has 7 nitrogen and oxygen atoms in total. The van der Waals surface area contributed by atoms with Crippen LogP contribution in [0.5, 0.6) is 11.5 Å². The summed E-state index contributed by atoms with van der Waals surface area (Å²) >= 11 is 1.45. The molecule has 0 aliphatic carbocycles. The molecule has 2 aromatic carbocycles. The van der Waals surface area contributed by atoms with Crippen LogP contribution < -0.4 is 20.3 Å². The Kier molecular flexibility index (Phi) is 7.27. The molecule has 0 atom stereocenters. The number of nitrogens with zero attached hydrogens (tertiary/aromatic N) is 2. The van der Waals surface area contributed by atoms with E-state index in [0.717, 1.165) is 33.8 Å². The number of amides is 1. The highest BCUT2D eigenvalue weighted by atomic mass is 32.1. The van der Waals surface area contributed by atoms with E-state index in [1.807, 2.05) is 54.8 Å². The van der Waals surface area contributed by atoms with Crippen molar-refractivity contribution in [1.82, 2.24) is 14.9 Å². The first-order valence-corrected chi connectivity index (χ1v) is 11.9. The highest BCUT2D eigenvalue weighted by Gasteiger charge is 2.14.